The minimum atomic E-state index is 0. The summed E-state index contributed by atoms with van der Waals surface area (Å²) in [7, 11) is 3.97. The van der Waals surface area contributed by atoms with Gasteiger partial charge >= 0.3 is 18.9 Å². The molecule has 0 aliphatic carbocycles. The van der Waals surface area contributed by atoms with Gasteiger partial charge in [0.25, 0.3) is 0 Å². The molecule has 1 aromatic carbocycles. The number of fused-ring (bicyclic) bond motifs is 5. The molecule has 0 spiro atoms. The second kappa shape index (κ2) is 16.3. The maximum Gasteiger partial charge on any atom is 1.00 e. The van der Waals surface area contributed by atoms with Crippen LogP contribution in [0.4, 0.5) is 17.3 Å². The first-order valence-electron chi connectivity index (χ1n) is 14.9. The summed E-state index contributed by atoms with van der Waals surface area (Å²) in [6, 6.07) is 7.56. The Kier molecular flexibility index (Phi) is 12.3. The number of rotatable bonds is 13. The molecule has 1 fully saturated rings. The largest absolute Gasteiger partial charge is 1.00 e. The Labute approximate surface area is 282 Å². The summed E-state index contributed by atoms with van der Waals surface area (Å²) in [4.78, 5) is 34.2. The number of aliphatic imine (C=N–C) groups is 1. The molecular weight excluding hydrogens is 575 g/mol. The molecule has 2 atom stereocenters. The molecular formula is C34H37LiN8O3-2. The van der Waals surface area contributed by atoms with Crippen molar-refractivity contribution in [2.45, 2.75) is 26.2 Å². The van der Waals surface area contributed by atoms with Gasteiger partial charge in [0.2, 0.25) is 0 Å². The molecule has 2 bridgehead atoms. The number of anilines is 3. The minimum absolute atomic E-state index is 0. The Morgan fingerprint density at radius 1 is 1.33 bits per heavy atom. The van der Waals surface area contributed by atoms with E-state index in [1.54, 1.807) is 6.08 Å². The van der Waals surface area contributed by atoms with E-state index in [1.165, 1.54) is 18.5 Å². The van der Waals surface area contributed by atoms with Crippen molar-refractivity contribution in [2.75, 3.05) is 50.6 Å². The number of allylic oxidation sites excluding steroid dienone is 3. The molecule has 11 nitrogen and oxygen atoms in total. The van der Waals surface area contributed by atoms with E-state index in [9.17, 15) is 4.79 Å². The third kappa shape index (κ3) is 8.69. The van der Waals surface area contributed by atoms with Crippen LogP contribution in [0.2, 0.25) is 0 Å². The van der Waals surface area contributed by atoms with Crippen molar-refractivity contribution in [3.8, 4) is 11.5 Å². The number of carbonyl (C=O) groups excluding carboxylic acids is 1. The van der Waals surface area contributed by atoms with Gasteiger partial charge in [0.1, 0.15) is 17.6 Å². The summed E-state index contributed by atoms with van der Waals surface area (Å²) in [5.74, 6) is 3.92. The van der Waals surface area contributed by atoms with Crippen LogP contribution in [0.5, 0.6) is 11.5 Å². The number of pyridine rings is 1. The van der Waals surface area contributed by atoms with Crippen molar-refractivity contribution in [1.29, 1.82) is 0 Å². The molecule has 5 rings (SSSR count). The predicted molar refractivity (Wildman–Crippen MR) is 177 cm³/mol. The van der Waals surface area contributed by atoms with Crippen LogP contribution < -0.4 is 38.6 Å². The molecule has 46 heavy (non-hydrogen) atoms. The zero-order valence-electron chi connectivity index (χ0n) is 26.8. The van der Waals surface area contributed by atoms with Crippen LogP contribution >= 0.6 is 0 Å². The number of ketones is 1. The first-order valence-corrected chi connectivity index (χ1v) is 14.9. The van der Waals surface area contributed by atoms with Crippen LogP contribution in [-0.4, -0.2) is 78.5 Å². The maximum atomic E-state index is 12.4. The smallest absolute Gasteiger partial charge is 0.577 e. The van der Waals surface area contributed by atoms with Crippen molar-refractivity contribution in [3.05, 3.63) is 78.2 Å². The summed E-state index contributed by atoms with van der Waals surface area (Å²) < 4.78 is 12.2. The van der Waals surface area contributed by atoms with Crippen LogP contribution in [-0.2, 0) is 4.79 Å². The number of hydrogen-bond donors (Lipinski definition) is 1. The van der Waals surface area contributed by atoms with Crippen molar-refractivity contribution in [3.63, 3.8) is 0 Å². The summed E-state index contributed by atoms with van der Waals surface area (Å²) >= 11 is 0. The quantitative estimate of drug-likeness (QED) is 0.0588. The van der Waals surface area contributed by atoms with E-state index in [0.717, 1.165) is 55.3 Å². The van der Waals surface area contributed by atoms with Gasteiger partial charge in [-0.1, -0.05) is 6.08 Å². The molecule has 2 aromatic heterocycles. The summed E-state index contributed by atoms with van der Waals surface area (Å²) in [5, 5.41) is 12.1. The van der Waals surface area contributed by atoms with Gasteiger partial charge in [-0.05, 0) is 69.6 Å². The normalized spacial score (nSPS) is 17.7. The fraction of sp³-hybridized carbons (Fsp3) is 0.353. The van der Waals surface area contributed by atoms with Crippen LogP contribution in [0.25, 0.3) is 16.4 Å². The van der Waals surface area contributed by atoms with Crippen LogP contribution in [0.1, 0.15) is 24.8 Å². The van der Waals surface area contributed by atoms with Gasteiger partial charge in [-0.15, -0.1) is 6.08 Å². The van der Waals surface area contributed by atoms with Gasteiger partial charge in [0, 0.05) is 49.5 Å². The Bertz CT molecular complexity index is 1650. The van der Waals surface area contributed by atoms with E-state index < -0.39 is 0 Å². The topological polar surface area (TPSA) is 127 Å². The van der Waals surface area contributed by atoms with Crippen LogP contribution in [0, 0.1) is 25.3 Å². The van der Waals surface area contributed by atoms with E-state index in [-0.39, 0.29) is 24.6 Å². The van der Waals surface area contributed by atoms with Crippen LogP contribution in [0.15, 0.2) is 65.6 Å². The summed E-state index contributed by atoms with van der Waals surface area (Å²) in [6.45, 7) is 10.6. The predicted octanol–water partition coefficient (Wildman–Crippen LogP) is 2.18. The number of piperidine rings is 1. The zero-order valence-corrected chi connectivity index (χ0v) is 26.8. The number of ether oxygens (including phenoxy) is 2. The maximum absolute atomic E-state index is 12.4. The van der Waals surface area contributed by atoms with Gasteiger partial charge in [0.15, 0.2) is 23.2 Å². The molecule has 1 saturated heterocycles. The van der Waals surface area contributed by atoms with Crippen molar-refractivity contribution < 1.29 is 33.1 Å². The number of hydrogen-bond acceptors (Lipinski definition) is 9. The molecule has 1 N–H and O–H groups in total. The number of carbonyl (C=O) groups is 1. The van der Waals surface area contributed by atoms with Gasteiger partial charge in [0.05, 0.1) is 12.1 Å². The van der Waals surface area contributed by atoms with Gasteiger partial charge in [-0.2, -0.15) is 6.08 Å². The Hall–Kier alpha value is -4.30. The second-order valence-corrected chi connectivity index (χ2v) is 11.4. The molecule has 12 heteroatoms. The first kappa shape index (κ1) is 34.6. The Balaban J connectivity index is 0.00000480. The fourth-order valence-electron chi connectivity index (χ4n) is 5.58. The first-order chi connectivity index (χ1) is 21.8. The van der Waals surface area contributed by atoms with Gasteiger partial charge < -0.3 is 35.0 Å². The van der Waals surface area contributed by atoms with E-state index in [4.69, 9.17) is 26.4 Å². The molecule has 234 valence electrons. The number of benzene rings is 1. The number of nitrogens with zero attached hydrogens (tertiary/aromatic N) is 7. The Morgan fingerprint density at radius 3 is 2.93 bits per heavy atom. The third-order valence-electron chi connectivity index (χ3n) is 7.90. The molecule has 1 unspecified atom stereocenters. The zero-order chi connectivity index (χ0) is 31.8. The molecule has 4 heterocycles. The van der Waals surface area contributed by atoms with E-state index in [0.29, 0.717) is 59.6 Å². The summed E-state index contributed by atoms with van der Waals surface area (Å²) in [5.41, 5.74) is 2.97. The molecule has 0 amide bonds. The van der Waals surface area contributed by atoms with Crippen molar-refractivity contribution >= 4 is 46.7 Å². The Morgan fingerprint density at radius 2 is 2.17 bits per heavy atom. The van der Waals surface area contributed by atoms with Gasteiger partial charge in [-0.25, -0.2) is 27.5 Å². The molecule has 0 saturated carbocycles. The van der Waals surface area contributed by atoms with E-state index in [2.05, 4.69) is 31.4 Å². The number of likely N-dealkylation sites (N-methyl/N-ethyl adjacent to an activating group) is 1. The standard InChI is InChI=1S/C34H37N8O3.Li/c1-5-28(12-14-36-21-35)45-30-11-9-26(17-23(30)2)39-33-32-29(37-22-38-33)18-31-34(40-32)42-16-13-24(25(19-42)20-44-31)8-10-27(43)7-6-15-41(3)4;/h1,5-7,9,11-12,17-18,21-22,24-25H,8,10,13,15-16,19-20H2,2-4H3,(H,37,38,39);/q-3;+1/b7-6+,28-12+;/t24?,25-;/m0./s1. The monoisotopic (exact) mass is 612 g/mol. The van der Waals surface area contributed by atoms with E-state index >= 15 is 0 Å². The third-order valence-corrected chi connectivity index (χ3v) is 7.90. The van der Waals surface area contributed by atoms with E-state index in [1.807, 2.05) is 56.3 Å². The number of nitrogens with one attached hydrogen (secondary N) is 1. The molecule has 2 aliphatic heterocycles. The number of aryl methyl sites for hydroxylation is 1. The average Bonchev–Trinajstić information content (AvgIpc) is 3.16. The molecule has 2 aliphatic rings. The second-order valence-electron chi connectivity index (χ2n) is 11.4. The number of aromatic nitrogens is 3. The fourth-order valence-corrected chi connectivity index (χ4v) is 5.58. The minimum Gasteiger partial charge on any atom is -0.577 e. The molecule has 3 aromatic rings. The summed E-state index contributed by atoms with van der Waals surface area (Å²) in [6.07, 6.45) is 13.4. The van der Waals surface area contributed by atoms with Crippen molar-refractivity contribution in [1.82, 2.24) is 19.9 Å². The molecule has 0 radical (unpaired) electrons. The average molecular weight is 613 g/mol. The SMILES string of the molecule is [CH-]=C/C(=C\[C-]=NC=[N-])Oc1ccc(Nc2ncnc3cc4c(nc23)N2CCC(CCC(=O)/C=C/CN(C)C)[C@H](CO4)C2)cc1C.[Li+]. The van der Waals surface area contributed by atoms with Crippen LogP contribution in [0.3, 0.4) is 0 Å². The van der Waals surface area contributed by atoms with Gasteiger partial charge in [-0.3, -0.25) is 11.4 Å². The van der Waals surface area contributed by atoms with Crippen molar-refractivity contribution in [2.24, 2.45) is 16.8 Å².